The maximum Gasteiger partial charge on any atom is 1.00 e. The molecule has 0 aliphatic carbocycles. The first kappa shape index (κ1) is 89.3. The minimum absolute atomic E-state index is 0. The molecular weight excluding hydrogens is 1620 g/mol. The van der Waals surface area contributed by atoms with Gasteiger partial charge in [0.1, 0.15) is 41.4 Å². The SMILES string of the molecule is C1CCOC1.CCN(CC)CC.Cl.Fc1cc(-n2nnc3cnc(Cl)nc32)ccc1Cl.Nc1ccc(Cl)c(F)c1.Nc1cnc(Cl)nc1Cc1ccc(Cl)c(F)c1.O=N[O-].O=[N+]([O-])c1cnc(Cl)nc1Cc1ccc(Cl)c(F)c1.O=[N+]([O-])c1cnc(Cl)nc1Cl.[Cl][Sn][Cl].[Na+]. The predicted octanol–water partition coefficient (Wildman–Crippen LogP) is 13.7. The molecule has 0 bridgehead atoms. The summed E-state index contributed by atoms with van der Waals surface area (Å²) in [6, 6.07) is 17.1. The molecule has 5 aromatic heterocycles. The number of fused-ring (bicyclic) bond motifs is 1. The van der Waals surface area contributed by atoms with E-state index in [1.165, 1.54) is 98.1 Å². The van der Waals surface area contributed by atoms with E-state index in [2.05, 4.69) is 75.9 Å². The van der Waals surface area contributed by atoms with E-state index < -0.39 is 52.0 Å². The molecule has 2 radical (unpaired) electrons. The van der Waals surface area contributed by atoms with Crippen LogP contribution in [0.1, 0.15) is 56.1 Å². The summed E-state index contributed by atoms with van der Waals surface area (Å²) < 4.78 is 58.6. The average molecular weight is 1670 g/mol. The van der Waals surface area contributed by atoms with Gasteiger partial charge < -0.3 is 31.2 Å². The summed E-state index contributed by atoms with van der Waals surface area (Å²) in [4.78, 5) is 59.7. The van der Waals surface area contributed by atoms with Crippen molar-refractivity contribution in [1.82, 2.24) is 59.8 Å². The van der Waals surface area contributed by atoms with Crippen LogP contribution in [-0.4, -0.2) is 121 Å². The van der Waals surface area contributed by atoms with Crippen LogP contribution in [0.5, 0.6) is 0 Å². The largest absolute Gasteiger partial charge is 1.00 e. The number of anilines is 2. The van der Waals surface area contributed by atoms with E-state index in [-0.39, 0.29) is 112 Å². The molecule has 4 aromatic carbocycles. The summed E-state index contributed by atoms with van der Waals surface area (Å²) in [5.41, 5.74) is 14.3. The van der Waals surface area contributed by atoms with E-state index in [9.17, 15) is 37.8 Å². The number of nitro groups is 2. The van der Waals surface area contributed by atoms with Crippen LogP contribution in [0.4, 0.5) is 40.3 Å². The fourth-order valence-corrected chi connectivity index (χ4v) is 7.82. The van der Waals surface area contributed by atoms with Gasteiger partial charge in [-0.2, -0.15) is 14.6 Å². The maximum atomic E-state index is 13.4. The molecule has 1 fully saturated rings. The number of nitrogen functional groups attached to an aromatic ring is 2. The molecule has 0 saturated carbocycles. The van der Waals surface area contributed by atoms with Crippen molar-refractivity contribution in [2.24, 2.45) is 5.34 Å². The smallest absolute Gasteiger partial charge is 1.00 e. The van der Waals surface area contributed by atoms with E-state index in [1.807, 2.05) is 0 Å². The van der Waals surface area contributed by atoms with Crippen molar-refractivity contribution in [3.63, 3.8) is 0 Å². The zero-order chi connectivity index (χ0) is 69.0. The molecule has 0 unspecified atom stereocenters. The van der Waals surface area contributed by atoms with E-state index in [4.69, 9.17) is 149 Å². The summed E-state index contributed by atoms with van der Waals surface area (Å²) in [6.07, 6.45) is 7.85. The van der Waals surface area contributed by atoms with Gasteiger partial charge in [0, 0.05) is 37.8 Å². The van der Waals surface area contributed by atoms with Gasteiger partial charge in [-0.1, -0.05) is 96.1 Å². The first-order valence-electron chi connectivity index (χ1n) is 25.4. The van der Waals surface area contributed by atoms with Gasteiger partial charge >= 0.3 is 77.7 Å². The van der Waals surface area contributed by atoms with Crippen LogP contribution in [0.15, 0.2) is 103 Å². The monoisotopic (exact) mass is 1660 g/mol. The maximum absolute atomic E-state index is 13.4. The molecule has 94 heavy (non-hydrogen) atoms. The van der Waals surface area contributed by atoms with Crippen LogP contribution < -0.4 is 41.0 Å². The third kappa shape index (κ3) is 33.5. The minimum atomic E-state index is -0.826. The van der Waals surface area contributed by atoms with Crippen molar-refractivity contribution in [2.45, 2.75) is 46.5 Å². The fraction of sp³-hybridized carbons (Fsp3) is 0.231. The Hall–Kier alpha value is -4.68. The van der Waals surface area contributed by atoms with Crippen LogP contribution in [-0.2, 0) is 17.6 Å². The molecule has 1 saturated heterocycles. The topological polar surface area (TPSA) is 337 Å². The second-order valence-corrected chi connectivity index (χ2v) is 24.5. The zero-order valence-corrected chi connectivity index (χ0v) is 62.9. The van der Waals surface area contributed by atoms with E-state index >= 15 is 0 Å². The number of halogens is 16. The van der Waals surface area contributed by atoms with Crippen LogP contribution in [0.2, 0.25) is 46.4 Å². The Morgan fingerprint density at radius 3 is 1.43 bits per heavy atom. The summed E-state index contributed by atoms with van der Waals surface area (Å²) in [7, 11) is 9.87. The number of nitrogens with zero attached hydrogens (tertiary/aromatic N) is 15. The number of hydrogen-bond acceptors (Lipinski definition) is 21. The Morgan fingerprint density at radius 2 is 1.01 bits per heavy atom. The van der Waals surface area contributed by atoms with Gasteiger partial charge in [-0.05, 0) is 145 Å². The first-order valence-corrected chi connectivity index (χ1v) is 36.0. The summed E-state index contributed by atoms with van der Waals surface area (Å²) in [6.45, 7) is 12.1. The molecule has 500 valence electrons. The molecule has 10 rings (SSSR count). The molecule has 24 nitrogen and oxygen atoms in total. The second kappa shape index (κ2) is 48.9. The van der Waals surface area contributed by atoms with Crippen molar-refractivity contribution in [2.75, 3.05) is 44.3 Å². The van der Waals surface area contributed by atoms with Crippen molar-refractivity contribution >= 4 is 187 Å². The van der Waals surface area contributed by atoms with Crippen LogP contribution in [0.25, 0.3) is 16.9 Å². The zero-order valence-electron chi connectivity index (χ0n) is 48.9. The van der Waals surface area contributed by atoms with Gasteiger partial charge in [-0.15, -0.1) is 22.8 Å². The summed E-state index contributed by atoms with van der Waals surface area (Å²) >= 11 is 48.9. The third-order valence-corrected chi connectivity index (χ3v) is 13.1. The molecule has 0 amide bonds. The van der Waals surface area contributed by atoms with Crippen LogP contribution in [0.3, 0.4) is 0 Å². The van der Waals surface area contributed by atoms with E-state index in [0.29, 0.717) is 51.5 Å². The predicted molar refractivity (Wildman–Crippen MR) is 360 cm³/mol. The Balaban J connectivity index is 0.00000109. The molecule has 6 heterocycles. The van der Waals surface area contributed by atoms with Gasteiger partial charge in [0.05, 0.1) is 59.4 Å². The summed E-state index contributed by atoms with van der Waals surface area (Å²) in [5.74, 6) is -2.08. The number of rotatable bonds is 10. The normalized spacial score (nSPS) is 10.5. The van der Waals surface area contributed by atoms with Crippen LogP contribution in [0, 0.1) is 53.6 Å². The van der Waals surface area contributed by atoms with Gasteiger partial charge in [-0.3, -0.25) is 20.2 Å². The third-order valence-electron chi connectivity index (χ3n) is 10.9. The van der Waals surface area contributed by atoms with Crippen LogP contribution >= 0.6 is 135 Å². The minimum Gasteiger partial charge on any atom is 1.00 e. The molecule has 4 N–H and O–H groups in total. The number of aromatic nitrogens is 11. The van der Waals surface area contributed by atoms with Crippen molar-refractivity contribution in [3.05, 3.63) is 220 Å². The Labute approximate surface area is 624 Å². The Morgan fingerprint density at radius 1 is 0.606 bits per heavy atom. The standard InChI is InChI=1S/C11H6Cl2FN3O2.C11H8Cl2FN3.C10H4Cl2FN5.C6H5ClFN.C6H15N.C4HCl2N3O2.C4H8O.3ClH.HNO2.Na.Sn/c12-7-2-1-6(3-8(7)14)4-9-10(17(18)19)5-15-11(13)16-9;12-7-2-1-6(3-8(7)14)4-10-9(15)5-16-11(13)17-10;11-6-2-1-5(3-7(6)13)18-9-8(16-17-18)4-14-10(12)15-9;7-5-2-1-4(9)3-6(5)8;1-4-7(5-2)6-3;5-3-2(9(10)11)1-7-4(6)8-3;1-2-4-5-3-1;;;;2-1-3;;/h1-3,5H,4H2;1-3,5H,4,15H2;1-4H;1-3H,9H2;4-6H2,1-3H3;1H;1-4H2;3*1H;(H,2,3);;/q;;;;;;;;;;;+1;+2/p-3. The summed E-state index contributed by atoms with van der Waals surface area (Å²) in [5, 5.41) is 37.6. The fourth-order valence-electron chi connectivity index (χ4n) is 6.55. The average Bonchev–Trinajstić information content (AvgIpc) is 1.63. The van der Waals surface area contributed by atoms with E-state index in [0.717, 1.165) is 30.9 Å². The molecular formula is C52H48Cl12F4N17NaO7Sn. The second-order valence-electron chi connectivity index (χ2n) is 16.9. The molecule has 0 atom stereocenters. The first-order chi connectivity index (χ1) is 43.7. The number of hydrogen-bond donors (Lipinski definition) is 2. The van der Waals surface area contributed by atoms with Gasteiger partial charge in [-0.25, -0.2) is 47.5 Å². The number of ether oxygens (including phenoxy) is 1. The quantitative estimate of drug-likeness (QED) is 0.0188. The molecule has 1 aliphatic rings. The van der Waals surface area contributed by atoms with Crippen molar-refractivity contribution in [1.29, 1.82) is 0 Å². The molecule has 9 aromatic rings. The Bertz CT molecular complexity index is 3810. The van der Waals surface area contributed by atoms with Crippen molar-refractivity contribution in [3.8, 4) is 5.69 Å². The number of benzene rings is 4. The number of nitrogens with two attached hydrogens (primary N) is 2. The molecule has 1 aliphatic heterocycles. The molecule has 42 heteroatoms. The molecule has 0 spiro atoms. The Kier molecular flexibility index (Phi) is 46.5. The van der Waals surface area contributed by atoms with Gasteiger partial charge in [0.25, 0.3) is 0 Å². The van der Waals surface area contributed by atoms with Crippen molar-refractivity contribution < 1.29 is 61.7 Å². The van der Waals surface area contributed by atoms with Gasteiger partial charge in [0.2, 0.25) is 26.3 Å². The van der Waals surface area contributed by atoms with Gasteiger partial charge in [0.15, 0.2) is 11.2 Å². The van der Waals surface area contributed by atoms with E-state index in [1.54, 1.807) is 24.3 Å².